The van der Waals surface area contributed by atoms with Gasteiger partial charge in [-0.15, -0.1) is 6.58 Å². The van der Waals surface area contributed by atoms with Crippen molar-refractivity contribution in [3.8, 4) is 0 Å². The fourth-order valence-electron chi connectivity index (χ4n) is 4.26. The van der Waals surface area contributed by atoms with Gasteiger partial charge in [0.15, 0.2) is 0 Å². The first-order valence-electron chi connectivity index (χ1n) is 11.2. The second kappa shape index (κ2) is 9.87. The van der Waals surface area contributed by atoms with E-state index in [9.17, 15) is 14.4 Å². The first-order chi connectivity index (χ1) is 15.5. The average molecular weight is 459 g/mol. The Hall–Kier alpha value is -2.65. The Bertz CT molecular complexity index is 901. The van der Waals surface area contributed by atoms with E-state index in [-0.39, 0.29) is 24.5 Å². The number of amides is 3. The summed E-state index contributed by atoms with van der Waals surface area (Å²) in [5, 5.41) is 6.83. The van der Waals surface area contributed by atoms with Gasteiger partial charge in [-0.3, -0.25) is 14.6 Å². The van der Waals surface area contributed by atoms with Crippen LogP contribution >= 0.6 is 11.3 Å². The molecule has 1 N–H and O–H groups in total. The predicted octanol–water partition coefficient (Wildman–Crippen LogP) is 2.37. The molecule has 1 saturated heterocycles. The van der Waals surface area contributed by atoms with Crippen LogP contribution in [0.5, 0.6) is 0 Å². The largest absolute Gasteiger partial charge is 0.463 e. The summed E-state index contributed by atoms with van der Waals surface area (Å²) in [5.41, 5.74) is 1.97. The van der Waals surface area contributed by atoms with Crippen molar-refractivity contribution in [1.82, 2.24) is 20.0 Å². The number of carbonyl (C=O) groups is 3. The molecule has 3 amide bonds. The van der Waals surface area contributed by atoms with Crippen molar-refractivity contribution in [2.75, 3.05) is 45.9 Å². The van der Waals surface area contributed by atoms with Crippen molar-refractivity contribution < 1.29 is 19.1 Å². The van der Waals surface area contributed by atoms with Crippen molar-refractivity contribution in [1.29, 1.82) is 0 Å². The predicted molar refractivity (Wildman–Crippen MR) is 122 cm³/mol. The maximum atomic E-state index is 13.1. The normalized spacial score (nSPS) is 22.0. The van der Waals surface area contributed by atoms with Gasteiger partial charge in [0.2, 0.25) is 5.91 Å². The fourth-order valence-corrected chi connectivity index (χ4v) is 4.95. The molecular weight excluding hydrogens is 428 g/mol. The number of nitrogens with zero attached hydrogens (tertiary/aromatic N) is 3. The summed E-state index contributed by atoms with van der Waals surface area (Å²) in [6.45, 7) is 9.26. The Labute approximate surface area is 192 Å². The van der Waals surface area contributed by atoms with Crippen molar-refractivity contribution in [2.24, 2.45) is 5.92 Å². The van der Waals surface area contributed by atoms with Gasteiger partial charge in [-0.05, 0) is 42.2 Å². The average Bonchev–Trinajstić information content (AvgIpc) is 3.50. The quantitative estimate of drug-likeness (QED) is 0.478. The summed E-state index contributed by atoms with van der Waals surface area (Å²) >= 11 is 1.52. The van der Waals surface area contributed by atoms with Crippen LogP contribution in [0.3, 0.4) is 0 Å². The lowest BCUT2D eigenvalue weighted by molar-refractivity contribution is -0.139. The third-order valence-corrected chi connectivity index (χ3v) is 6.81. The molecule has 1 aromatic heterocycles. The van der Waals surface area contributed by atoms with Gasteiger partial charge in [-0.25, -0.2) is 9.59 Å². The van der Waals surface area contributed by atoms with Gasteiger partial charge in [-0.2, -0.15) is 11.3 Å². The minimum Gasteiger partial charge on any atom is -0.463 e. The van der Waals surface area contributed by atoms with E-state index in [4.69, 9.17) is 4.74 Å². The molecule has 0 unspecified atom stereocenters. The van der Waals surface area contributed by atoms with Crippen LogP contribution in [0.4, 0.5) is 4.79 Å². The lowest BCUT2D eigenvalue weighted by atomic mass is 9.96. The molecule has 172 valence electrons. The maximum absolute atomic E-state index is 13.1. The number of thiophene rings is 1. The maximum Gasteiger partial charge on any atom is 0.338 e. The van der Waals surface area contributed by atoms with Crippen molar-refractivity contribution in [3.63, 3.8) is 0 Å². The summed E-state index contributed by atoms with van der Waals surface area (Å²) < 4.78 is 5.40. The zero-order valence-electron chi connectivity index (χ0n) is 18.4. The number of carbonyl (C=O) groups excluding carboxylic acids is 3. The van der Waals surface area contributed by atoms with E-state index in [1.54, 1.807) is 17.9 Å². The Kier molecular flexibility index (Phi) is 6.95. The molecule has 4 rings (SSSR count). The number of piperazine rings is 1. The summed E-state index contributed by atoms with van der Waals surface area (Å²) in [7, 11) is 0. The minimum atomic E-state index is -0.554. The third kappa shape index (κ3) is 4.73. The summed E-state index contributed by atoms with van der Waals surface area (Å²) in [5.74, 6) is 0.0606. The first kappa shape index (κ1) is 22.5. The molecule has 3 heterocycles. The van der Waals surface area contributed by atoms with Gasteiger partial charge in [0.25, 0.3) is 0 Å². The molecule has 1 saturated carbocycles. The number of rotatable bonds is 8. The highest BCUT2D eigenvalue weighted by atomic mass is 32.1. The van der Waals surface area contributed by atoms with Gasteiger partial charge >= 0.3 is 12.0 Å². The Morgan fingerprint density at radius 1 is 1.28 bits per heavy atom. The molecule has 32 heavy (non-hydrogen) atoms. The third-order valence-electron chi connectivity index (χ3n) is 6.11. The van der Waals surface area contributed by atoms with Crippen LogP contribution < -0.4 is 5.32 Å². The molecule has 0 bridgehead atoms. The van der Waals surface area contributed by atoms with Crippen LogP contribution in [-0.4, -0.2) is 78.5 Å². The molecular formula is C23H30N4O4S. The molecule has 8 nitrogen and oxygen atoms in total. The fraction of sp³-hybridized carbons (Fsp3) is 0.522. The van der Waals surface area contributed by atoms with Crippen LogP contribution in [0.25, 0.3) is 0 Å². The highest BCUT2D eigenvalue weighted by Crippen LogP contribution is 2.34. The van der Waals surface area contributed by atoms with E-state index >= 15 is 0 Å². The van der Waals surface area contributed by atoms with Gasteiger partial charge in [0.05, 0.1) is 18.2 Å². The van der Waals surface area contributed by atoms with E-state index in [0.717, 1.165) is 18.4 Å². The standard InChI is InChI=1S/C23H30N4O4S/c1-3-8-27-18(14-25-9-11-26(12-10-25)21(28)16-5-6-16)19(22(29)31-4-2)20(24-23(27)30)17-7-13-32-15-17/h3,7,13,15-16,20H,1,4-6,8-12,14H2,2H3,(H,24,30)/t20-/m1/s1. The highest BCUT2D eigenvalue weighted by molar-refractivity contribution is 7.08. The van der Waals surface area contributed by atoms with E-state index in [2.05, 4.69) is 16.8 Å². The lowest BCUT2D eigenvalue weighted by Gasteiger charge is -2.40. The summed E-state index contributed by atoms with van der Waals surface area (Å²) in [4.78, 5) is 44.2. The lowest BCUT2D eigenvalue weighted by Crippen LogP contribution is -2.54. The molecule has 9 heteroatoms. The number of ether oxygens (including phenoxy) is 1. The number of esters is 1. The topological polar surface area (TPSA) is 82.2 Å². The van der Waals surface area contributed by atoms with Crippen molar-refractivity contribution in [3.05, 3.63) is 46.3 Å². The molecule has 1 aromatic rings. The van der Waals surface area contributed by atoms with Gasteiger partial charge in [0.1, 0.15) is 0 Å². The van der Waals surface area contributed by atoms with E-state index in [1.165, 1.54) is 11.3 Å². The zero-order valence-corrected chi connectivity index (χ0v) is 19.2. The second-order valence-corrected chi connectivity index (χ2v) is 9.08. The van der Waals surface area contributed by atoms with Gasteiger partial charge < -0.3 is 15.0 Å². The molecule has 1 aliphatic carbocycles. The molecule has 2 fully saturated rings. The number of nitrogens with one attached hydrogen (secondary N) is 1. The molecule has 0 spiro atoms. The van der Waals surface area contributed by atoms with E-state index in [1.807, 2.05) is 21.7 Å². The Balaban J connectivity index is 1.61. The summed E-state index contributed by atoms with van der Waals surface area (Å²) in [6, 6.07) is 1.10. The van der Waals surface area contributed by atoms with Crippen LogP contribution in [-0.2, 0) is 14.3 Å². The van der Waals surface area contributed by atoms with Crippen molar-refractivity contribution in [2.45, 2.75) is 25.8 Å². The minimum absolute atomic E-state index is 0.219. The van der Waals surface area contributed by atoms with Crippen LogP contribution in [0.1, 0.15) is 31.4 Å². The summed E-state index contributed by atoms with van der Waals surface area (Å²) in [6.07, 6.45) is 3.66. The second-order valence-electron chi connectivity index (χ2n) is 8.30. The number of hydrogen-bond acceptors (Lipinski definition) is 6. The van der Waals surface area contributed by atoms with Crippen LogP contribution in [0.2, 0.25) is 0 Å². The van der Waals surface area contributed by atoms with Gasteiger partial charge in [0, 0.05) is 50.9 Å². The van der Waals surface area contributed by atoms with Crippen LogP contribution in [0.15, 0.2) is 40.8 Å². The molecule has 3 aliphatic rings. The zero-order chi connectivity index (χ0) is 22.7. The smallest absolute Gasteiger partial charge is 0.338 e. The SMILES string of the molecule is C=CCN1C(=O)N[C@H](c2ccsc2)C(C(=O)OCC)=C1CN1CCN(C(=O)C2CC2)CC1. The molecule has 0 radical (unpaired) electrons. The first-order valence-corrected chi connectivity index (χ1v) is 12.1. The molecule has 0 aromatic carbocycles. The monoisotopic (exact) mass is 458 g/mol. The molecule has 1 atom stereocenters. The van der Waals surface area contributed by atoms with Crippen molar-refractivity contribution >= 4 is 29.2 Å². The Morgan fingerprint density at radius 3 is 2.62 bits per heavy atom. The number of urea groups is 1. The number of hydrogen-bond donors (Lipinski definition) is 1. The van der Waals surface area contributed by atoms with Gasteiger partial charge in [-0.1, -0.05) is 6.08 Å². The van der Waals surface area contributed by atoms with Crippen LogP contribution in [0, 0.1) is 5.92 Å². The molecule has 2 aliphatic heterocycles. The Morgan fingerprint density at radius 2 is 2.03 bits per heavy atom. The van der Waals surface area contributed by atoms with E-state index < -0.39 is 12.0 Å². The van der Waals surface area contributed by atoms with E-state index in [0.29, 0.717) is 50.5 Å². The highest BCUT2D eigenvalue weighted by Gasteiger charge is 2.39.